The number of hydrogen-bond acceptors (Lipinski definition) is 4. The first kappa shape index (κ1) is 10.4. The van der Waals surface area contributed by atoms with Crippen LogP contribution < -0.4 is 0 Å². The van der Waals surface area contributed by atoms with Crippen LogP contribution in [0, 0.1) is 5.92 Å². The third kappa shape index (κ3) is 1.49. The van der Waals surface area contributed by atoms with Crippen LogP contribution in [0.25, 0.3) is 0 Å². The summed E-state index contributed by atoms with van der Waals surface area (Å²) in [5.41, 5.74) is -1.71. The molecule has 0 amide bonds. The Kier molecular flexibility index (Phi) is 2.38. The Hall–Kier alpha value is -1.16. The first-order chi connectivity index (χ1) is 7.08. The zero-order chi connectivity index (χ0) is 11.1. The zero-order valence-electron chi connectivity index (χ0n) is 8.60. The fraction of sp³-hybridized carbons (Fsp3) is 0.636. The van der Waals surface area contributed by atoms with Crippen molar-refractivity contribution in [3.8, 4) is 0 Å². The van der Waals surface area contributed by atoms with Crippen molar-refractivity contribution < 1.29 is 19.4 Å². The number of fused-ring (bicyclic) bond motifs is 2. The SMILES string of the molecule is CCCC(=O)C1CC2C=CC1(O)C(=O)O2. The number of rotatable bonds is 3. The molecule has 3 atom stereocenters. The fourth-order valence-electron chi connectivity index (χ4n) is 2.19. The van der Waals surface area contributed by atoms with Crippen LogP contribution in [0.5, 0.6) is 0 Å². The molecule has 2 aliphatic heterocycles. The van der Waals surface area contributed by atoms with Crippen molar-refractivity contribution in [3.63, 3.8) is 0 Å². The van der Waals surface area contributed by atoms with Crippen molar-refractivity contribution >= 4 is 11.8 Å². The van der Waals surface area contributed by atoms with E-state index in [9.17, 15) is 14.7 Å². The molecule has 4 heteroatoms. The van der Waals surface area contributed by atoms with Crippen molar-refractivity contribution in [2.75, 3.05) is 0 Å². The smallest absolute Gasteiger partial charge is 0.343 e. The number of hydrogen-bond donors (Lipinski definition) is 1. The van der Waals surface area contributed by atoms with E-state index in [2.05, 4.69) is 0 Å². The van der Waals surface area contributed by atoms with E-state index in [0.717, 1.165) is 6.42 Å². The van der Waals surface area contributed by atoms with Gasteiger partial charge in [0.25, 0.3) is 0 Å². The molecule has 3 aliphatic rings. The summed E-state index contributed by atoms with van der Waals surface area (Å²) in [6, 6.07) is 0. The van der Waals surface area contributed by atoms with E-state index in [4.69, 9.17) is 4.74 Å². The molecule has 0 saturated carbocycles. The van der Waals surface area contributed by atoms with Gasteiger partial charge in [0, 0.05) is 12.8 Å². The summed E-state index contributed by atoms with van der Waals surface area (Å²) in [6.45, 7) is 1.90. The van der Waals surface area contributed by atoms with Gasteiger partial charge in [0.15, 0.2) is 5.60 Å². The summed E-state index contributed by atoms with van der Waals surface area (Å²) in [4.78, 5) is 23.2. The van der Waals surface area contributed by atoms with Gasteiger partial charge in [-0.15, -0.1) is 0 Å². The predicted octanol–water partition coefficient (Wildman–Crippen LogP) is 0.588. The molecule has 82 valence electrons. The lowest BCUT2D eigenvalue weighted by Gasteiger charge is -2.41. The normalized spacial score (nSPS) is 37.9. The van der Waals surface area contributed by atoms with Crippen molar-refractivity contribution in [3.05, 3.63) is 12.2 Å². The van der Waals surface area contributed by atoms with Crippen LogP contribution in [-0.4, -0.2) is 28.6 Å². The minimum atomic E-state index is -1.71. The predicted molar refractivity (Wildman–Crippen MR) is 52.0 cm³/mol. The first-order valence-corrected chi connectivity index (χ1v) is 5.23. The lowest BCUT2D eigenvalue weighted by Crippen LogP contribution is -2.57. The number of carbonyl (C=O) groups excluding carboxylic acids is 2. The second-order valence-electron chi connectivity index (χ2n) is 4.13. The van der Waals surface area contributed by atoms with E-state index in [1.165, 1.54) is 6.08 Å². The molecule has 0 aromatic rings. The topological polar surface area (TPSA) is 63.6 Å². The molecule has 3 unspecified atom stereocenters. The van der Waals surface area contributed by atoms with Crippen LogP contribution in [0.15, 0.2) is 12.2 Å². The van der Waals surface area contributed by atoms with Gasteiger partial charge >= 0.3 is 5.97 Å². The summed E-state index contributed by atoms with van der Waals surface area (Å²) in [5.74, 6) is -1.35. The van der Waals surface area contributed by atoms with Crippen LogP contribution in [0.1, 0.15) is 26.2 Å². The average molecular weight is 210 g/mol. The lowest BCUT2D eigenvalue weighted by atomic mass is 9.73. The molecule has 1 fully saturated rings. The molecule has 1 aliphatic carbocycles. The summed E-state index contributed by atoms with van der Waals surface area (Å²) < 4.78 is 4.92. The van der Waals surface area contributed by atoms with Crippen LogP contribution in [0.4, 0.5) is 0 Å². The molecule has 0 spiro atoms. The highest BCUT2D eigenvalue weighted by atomic mass is 16.6. The fourth-order valence-corrected chi connectivity index (χ4v) is 2.19. The molecule has 0 aromatic heterocycles. The number of ketones is 1. The van der Waals surface area contributed by atoms with E-state index in [1.807, 2.05) is 6.92 Å². The number of carbonyl (C=O) groups is 2. The Morgan fingerprint density at radius 1 is 1.73 bits per heavy atom. The molecule has 15 heavy (non-hydrogen) atoms. The maximum absolute atomic E-state index is 11.7. The molecule has 0 radical (unpaired) electrons. The molecular weight excluding hydrogens is 196 g/mol. The largest absolute Gasteiger partial charge is 0.456 e. The Morgan fingerprint density at radius 3 is 3.07 bits per heavy atom. The van der Waals surface area contributed by atoms with Crippen molar-refractivity contribution in [2.45, 2.75) is 37.9 Å². The van der Waals surface area contributed by atoms with E-state index in [0.29, 0.717) is 12.8 Å². The van der Waals surface area contributed by atoms with Gasteiger partial charge in [0.05, 0.1) is 5.92 Å². The molecule has 2 bridgehead atoms. The number of ether oxygens (including phenoxy) is 1. The lowest BCUT2D eigenvalue weighted by molar-refractivity contribution is -0.186. The summed E-state index contributed by atoms with van der Waals surface area (Å²) in [7, 11) is 0. The Bertz CT molecular complexity index is 333. The standard InChI is InChI=1S/C11H14O4/c1-2-3-9(12)8-6-7-4-5-11(8,14)10(13)15-7/h4-5,7-8,14H,2-3,6H2,1H3. The third-order valence-electron chi connectivity index (χ3n) is 3.03. The number of aliphatic hydroxyl groups is 1. The van der Waals surface area contributed by atoms with Gasteiger partial charge in [-0.3, -0.25) is 4.79 Å². The highest BCUT2D eigenvalue weighted by Crippen LogP contribution is 2.38. The van der Waals surface area contributed by atoms with Gasteiger partial charge < -0.3 is 9.84 Å². The van der Waals surface area contributed by atoms with E-state index in [-0.39, 0.29) is 11.9 Å². The monoisotopic (exact) mass is 210 g/mol. The molecular formula is C11H14O4. The van der Waals surface area contributed by atoms with Crippen molar-refractivity contribution in [1.29, 1.82) is 0 Å². The van der Waals surface area contributed by atoms with Crippen molar-refractivity contribution in [1.82, 2.24) is 0 Å². The number of Topliss-reactive ketones (excluding diaryl/α,β-unsaturated/α-hetero) is 1. The quantitative estimate of drug-likeness (QED) is 0.547. The van der Waals surface area contributed by atoms with Gasteiger partial charge in [-0.25, -0.2) is 4.79 Å². The van der Waals surface area contributed by atoms with E-state index < -0.39 is 17.5 Å². The molecule has 2 heterocycles. The minimum Gasteiger partial charge on any atom is -0.456 e. The first-order valence-electron chi connectivity index (χ1n) is 5.23. The van der Waals surface area contributed by atoms with Gasteiger partial charge in [0.1, 0.15) is 11.9 Å². The second-order valence-corrected chi connectivity index (χ2v) is 4.13. The molecule has 1 N–H and O–H groups in total. The van der Waals surface area contributed by atoms with Crippen LogP contribution in [0.3, 0.4) is 0 Å². The number of esters is 1. The average Bonchev–Trinajstić information content (AvgIpc) is 2.20. The van der Waals surface area contributed by atoms with Gasteiger partial charge in [0.2, 0.25) is 0 Å². The highest BCUT2D eigenvalue weighted by molar-refractivity contribution is 5.94. The molecule has 0 aromatic carbocycles. The Morgan fingerprint density at radius 2 is 2.47 bits per heavy atom. The summed E-state index contributed by atoms with van der Waals surface area (Å²) in [5, 5.41) is 10.1. The molecule has 1 saturated heterocycles. The van der Waals surface area contributed by atoms with Crippen LogP contribution in [0.2, 0.25) is 0 Å². The van der Waals surface area contributed by atoms with Gasteiger partial charge in [-0.1, -0.05) is 6.92 Å². The van der Waals surface area contributed by atoms with Crippen LogP contribution in [-0.2, 0) is 14.3 Å². The highest BCUT2D eigenvalue weighted by Gasteiger charge is 2.54. The van der Waals surface area contributed by atoms with Gasteiger partial charge in [-0.05, 0) is 18.6 Å². The molecule has 3 rings (SSSR count). The van der Waals surface area contributed by atoms with Crippen LogP contribution >= 0.6 is 0 Å². The molecule has 4 nitrogen and oxygen atoms in total. The summed E-state index contributed by atoms with van der Waals surface area (Å²) >= 11 is 0. The van der Waals surface area contributed by atoms with Crippen molar-refractivity contribution in [2.24, 2.45) is 5.92 Å². The maximum atomic E-state index is 11.7. The minimum absolute atomic E-state index is 0.0500. The maximum Gasteiger partial charge on any atom is 0.343 e. The Balaban J connectivity index is 2.25. The van der Waals surface area contributed by atoms with E-state index in [1.54, 1.807) is 6.08 Å². The summed E-state index contributed by atoms with van der Waals surface area (Å²) in [6.07, 6.45) is 4.27. The Labute approximate surface area is 87.9 Å². The zero-order valence-corrected chi connectivity index (χ0v) is 8.60. The second kappa shape index (κ2) is 3.45. The van der Waals surface area contributed by atoms with E-state index >= 15 is 0 Å². The van der Waals surface area contributed by atoms with Gasteiger partial charge in [-0.2, -0.15) is 0 Å². The third-order valence-corrected chi connectivity index (χ3v) is 3.03.